The molecule has 2 rings (SSSR count). The van der Waals surface area contributed by atoms with Crippen molar-refractivity contribution >= 4 is 11.9 Å². The molecule has 0 N–H and O–H groups in total. The Bertz CT molecular complexity index is 667. The Balaban J connectivity index is 2.67. The summed E-state index contributed by atoms with van der Waals surface area (Å²) in [5, 5.41) is 0. The molecular weight excluding hydrogens is 310 g/mol. The Labute approximate surface area is 141 Å². The lowest BCUT2D eigenvalue weighted by molar-refractivity contribution is -0.158. The van der Waals surface area contributed by atoms with Gasteiger partial charge < -0.3 is 19.1 Å². The molecule has 1 aromatic rings. The standard InChI is InChI=1S/C18H21NO5/c1-5-18(13-10-8-7-9-11-13)19(6-2)15(17(21)23-4)14(12-24-18)16(20)22-3/h5,7-11H,1,6,12H2,2-4H3. The lowest BCUT2D eigenvalue weighted by Gasteiger charge is -2.46. The summed E-state index contributed by atoms with van der Waals surface area (Å²) in [5.41, 5.74) is -0.0227. The molecule has 0 saturated carbocycles. The van der Waals surface area contributed by atoms with Crippen LogP contribution in [0.25, 0.3) is 0 Å². The summed E-state index contributed by atoms with van der Waals surface area (Å²) in [6.07, 6.45) is 1.61. The SMILES string of the molecule is C=CC1(c2ccccc2)OCC(C(=O)OC)=C(C(=O)OC)N1CC. The van der Waals surface area contributed by atoms with E-state index >= 15 is 0 Å². The predicted octanol–water partition coefficient (Wildman–Crippen LogP) is 1.98. The van der Waals surface area contributed by atoms with E-state index in [1.807, 2.05) is 37.3 Å². The van der Waals surface area contributed by atoms with E-state index in [1.54, 1.807) is 11.0 Å². The maximum atomic E-state index is 12.4. The molecule has 1 aromatic carbocycles. The molecule has 0 bridgehead atoms. The number of nitrogens with zero attached hydrogens (tertiary/aromatic N) is 1. The van der Waals surface area contributed by atoms with Crippen molar-refractivity contribution in [3.05, 3.63) is 59.8 Å². The minimum Gasteiger partial charge on any atom is -0.466 e. The van der Waals surface area contributed by atoms with Crippen molar-refractivity contribution < 1.29 is 23.8 Å². The van der Waals surface area contributed by atoms with Gasteiger partial charge in [-0.15, -0.1) is 0 Å². The largest absolute Gasteiger partial charge is 0.466 e. The number of ether oxygens (including phenoxy) is 3. The highest BCUT2D eigenvalue weighted by molar-refractivity contribution is 6.00. The molecule has 24 heavy (non-hydrogen) atoms. The van der Waals surface area contributed by atoms with Crippen LogP contribution in [0.2, 0.25) is 0 Å². The number of likely N-dealkylation sites (N-methyl/N-ethyl adjacent to an activating group) is 1. The van der Waals surface area contributed by atoms with Gasteiger partial charge in [0, 0.05) is 12.1 Å². The van der Waals surface area contributed by atoms with Crippen molar-refractivity contribution in [1.29, 1.82) is 0 Å². The summed E-state index contributed by atoms with van der Waals surface area (Å²) < 4.78 is 15.7. The fourth-order valence-corrected chi connectivity index (χ4v) is 2.86. The number of esters is 2. The second kappa shape index (κ2) is 7.31. The Hall–Kier alpha value is -2.60. The van der Waals surface area contributed by atoms with Crippen LogP contribution in [-0.4, -0.2) is 44.2 Å². The van der Waals surface area contributed by atoms with Crippen molar-refractivity contribution in [1.82, 2.24) is 4.90 Å². The Morgan fingerprint density at radius 1 is 1.25 bits per heavy atom. The quantitative estimate of drug-likeness (QED) is 0.607. The van der Waals surface area contributed by atoms with Gasteiger partial charge in [0.25, 0.3) is 0 Å². The second-order valence-electron chi connectivity index (χ2n) is 5.11. The average Bonchev–Trinajstić information content (AvgIpc) is 2.65. The number of hydrogen-bond donors (Lipinski definition) is 0. The van der Waals surface area contributed by atoms with Crippen molar-refractivity contribution in [3.63, 3.8) is 0 Å². The molecule has 1 aliphatic heterocycles. The van der Waals surface area contributed by atoms with Crippen LogP contribution in [0.15, 0.2) is 54.3 Å². The number of carbonyl (C=O) groups excluding carboxylic acids is 2. The summed E-state index contributed by atoms with van der Waals surface area (Å²) >= 11 is 0. The Kier molecular flexibility index (Phi) is 5.41. The first-order chi connectivity index (χ1) is 11.6. The van der Waals surface area contributed by atoms with Gasteiger partial charge in [-0.2, -0.15) is 0 Å². The van der Waals surface area contributed by atoms with Crippen LogP contribution < -0.4 is 0 Å². The van der Waals surface area contributed by atoms with Crippen LogP contribution in [0.5, 0.6) is 0 Å². The van der Waals surface area contributed by atoms with Gasteiger partial charge in [-0.3, -0.25) is 0 Å². The highest BCUT2D eigenvalue weighted by Crippen LogP contribution is 2.39. The number of methoxy groups -OCH3 is 2. The van der Waals surface area contributed by atoms with Crippen LogP contribution >= 0.6 is 0 Å². The van der Waals surface area contributed by atoms with Gasteiger partial charge in [0.1, 0.15) is 5.70 Å². The molecule has 0 aromatic heterocycles. The van der Waals surface area contributed by atoms with Gasteiger partial charge in [0.05, 0.1) is 26.4 Å². The van der Waals surface area contributed by atoms with E-state index in [0.717, 1.165) is 5.56 Å². The molecule has 6 heteroatoms. The third-order valence-electron chi connectivity index (χ3n) is 3.98. The summed E-state index contributed by atoms with van der Waals surface area (Å²) in [4.78, 5) is 26.1. The molecule has 1 unspecified atom stereocenters. The molecule has 0 aliphatic carbocycles. The second-order valence-corrected chi connectivity index (χ2v) is 5.11. The summed E-state index contributed by atoms with van der Waals surface area (Å²) in [5.74, 6) is -1.25. The van der Waals surface area contributed by atoms with Gasteiger partial charge in [-0.1, -0.05) is 36.9 Å². The highest BCUT2D eigenvalue weighted by Gasteiger charge is 2.46. The van der Waals surface area contributed by atoms with Crippen LogP contribution in [0, 0.1) is 0 Å². The summed E-state index contributed by atoms with van der Waals surface area (Å²) in [6.45, 7) is 6.04. The van der Waals surface area contributed by atoms with Gasteiger partial charge in [0.15, 0.2) is 5.72 Å². The number of carbonyl (C=O) groups is 2. The van der Waals surface area contributed by atoms with Crippen LogP contribution in [-0.2, 0) is 29.5 Å². The van der Waals surface area contributed by atoms with Crippen molar-refractivity contribution in [2.45, 2.75) is 12.6 Å². The molecule has 1 heterocycles. The zero-order valence-electron chi connectivity index (χ0n) is 14.1. The first kappa shape index (κ1) is 17.7. The topological polar surface area (TPSA) is 65.1 Å². The van der Waals surface area contributed by atoms with Gasteiger partial charge in [-0.05, 0) is 13.0 Å². The zero-order valence-corrected chi connectivity index (χ0v) is 14.1. The smallest absolute Gasteiger partial charge is 0.355 e. The zero-order chi connectivity index (χ0) is 17.7. The van der Waals surface area contributed by atoms with Gasteiger partial charge in [0.2, 0.25) is 0 Å². The fraction of sp³-hybridized carbons (Fsp3) is 0.333. The predicted molar refractivity (Wildman–Crippen MR) is 87.7 cm³/mol. The molecule has 128 valence electrons. The van der Waals surface area contributed by atoms with E-state index in [4.69, 9.17) is 14.2 Å². The molecule has 0 radical (unpaired) electrons. The van der Waals surface area contributed by atoms with E-state index in [-0.39, 0.29) is 17.9 Å². The minimum atomic E-state index is -1.07. The monoisotopic (exact) mass is 331 g/mol. The van der Waals surface area contributed by atoms with E-state index in [0.29, 0.717) is 6.54 Å². The lowest BCUT2D eigenvalue weighted by Crippen LogP contribution is -2.52. The number of benzene rings is 1. The Morgan fingerprint density at radius 2 is 1.88 bits per heavy atom. The molecule has 1 aliphatic rings. The molecule has 0 saturated heterocycles. The minimum absolute atomic E-state index is 0.0888. The van der Waals surface area contributed by atoms with Gasteiger partial charge >= 0.3 is 11.9 Å². The van der Waals surface area contributed by atoms with Crippen molar-refractivity contribution in [2.24, 2.45) is 0 Å². The third-order valence-corrected chi connectivity index (χ3v) is 3.98. The van der Waals surface area contributed by atoms with E-state index in [1.165, 1.54) is 14.2 Å². The average molecular weight is 331 g/mol. The first-order valence-corrected chi connectivity index (χ1v) is 7.56. The summed E-state index contributed by atoms with van der Waals surface area (Å²) in [7, 11) is 2.53. The molecular formula is C18H21NO5. The van der Waals surface area contributed by atoms with Crippen LogP contribution in [0.1, 0.15) is 12.5 Å². The lowest BCUT2D eigenvalue weighted by atomic mass is 9.96. The molecule has 0 fully saturated rings. The maximum absolute atomic E-state index is 12.4. The van der Waals surface area contributed by atoms with Crippen LogP contribution in [0.3, 0.4) is 0 Å². The summed E-state index contributed by atoms with van der Waals surface area (Å²) in [6, 6.07) is 9.38. The molecule has 0 amide bonds. The van der Waals surface area contributed by atoms with E-state index in [2.05, 4.69) is 6.58 Å². The highest BCUT2D eigenvalue weighted by atomic mass is 16.5. The molecule has 1 atom stereocenters. The third kappa shape index (κ3) is 2.80. The van der Waals surface area contributed by atoms with Crippen LogP contribution in [0.4, 0.5) is 0 Å². The van der Waals surface area contributed by atoms with E-state index < -0.39 is 17.7 Å². The molecule has 0 spiro atoms. The molecule has 6 nitrogen and oxygen atoms in total. The Morgan fingerprint density at radius 3 is 2.38 bits per heavy atom. The van der Waals surface area contributed by atoms with Crippen molar-refractivity contribution in [3.8, 4) is 0 Å². The van der Waals surface area contributed by atoms with E-state index in [9.17, 15) is 9.59 Å². The fourth-order valence-electron chi connectivity index (χ4n) is 2.86. The normalized spacial score (nSPS) is 20.5. The van der Waals surface area contributed by atoms with Crippen molar-refractivity contribution in [2.75, 3.05) is 27.4 Å². The number of rotatable bonds is 5. The first-order valence-electron chi connectivity index (χ1n) is 7.56. The van der Waals surface area contributed by atoms with Gasteiger partial charge in [-0.25, -0.2) is 9.59 Å². The maximum Gasteiger partial charge on any atom is 0.355 e. The number of hydrogen-bond acceptors (Lipinski definition) is 6.